The molecule has 0 N–H and O–H groups in total. The van der Waals surface area contributed by atoms with E-state index < -0.39 is 0 Å². The molecule has 1 heterocycles. The normalized spacial score (nSPS) is 24.4. The van der Waals surface area contributed by atoms with Crippen molar-refractivity contribution in [3.63, 3.8) is 0 Å². The minimum Gasteiger partial charge on any atom is -0.179 e. The zero-order chi connectivity index (χ0) is 16.1. The highest BCUT2D eigenvalue weighted by atomic mass is 32.3. The maximum absolute atomic E-state index is 4.90. The van der Waals surface area contributed by atoms with Gasteiger partial charge in [0.25, 0.3) is 0 Å². The van der Waals surface area contributed by atoms with Crippen molar-refractivity contribution in [3.05, 3.63) is 0 Å². The number of hydrogen-bond acceptors (Lipinski definition) is 4. The van der Waals surface area contributed by atoms with Crippen molar-refractivity contribution in [1.82, 2.24) is 0 Å². The van der Waals surface area contributed by atoms with Crippen LogP contribution in [0.25, 0.3) is 0 Å². The molecule has 0 aromatic rings. The van der Waals surface area contributed by atoms with E-state index in [2.05, 4.69) is 43.1 Å². The van der Waals surface area contributed by atoms with E-state index in [1.807, 2.05) is 0 Å². The highest BCUT2D eigenvalue weighted by molar-refractivity contribution is 8.42. The second-order valence-corrected chi connectivity index (χ2v) is 11.9. The summed E-state index contributed by atoms with van der Waals surface area (Å²) >= 11 is 13.4. The lowest BCUT2D eigenvalue weighted by Crippen LogP contribution is -2.28. The SMILES string of the molecule is CCCCCCCCC1SC(S)(CCCCCCCCS)S1. The Bertz CT molecular complexity index is 251. The Kier molecular flexibility index (Phi) is 13.3. The Labute approximate surface area is 158 Å². The summed E-state index contributed by atoms with van der Waals surface area (Å²) in [6.07, 6.45) is 19.4. The Morgan fingerprint density at radius 2 is 1.32 bits per heavy atom. The van der Waals surface area contributed by atoms with Crippen molar-refractivity contribution >= 4 is 48.8 Å². The minimum atomic E-state index is 0.248. The van der Waals surface area contributed by atoms with Crippen LogP contribution in [0.3, 0.4) is 0 Å². The lowest BCUT2D eigenvalue weighted by atomic mass is 10.1. The summed E-state index contributed by atoms with van der Waals surface area (Å²) in [5, 5.41) is 0. The van der Waals surface area contributed by atoms with Crippen molar-refractivity contribution in [2.75, 3.05) is 5.75 Å². The zero-order valence-electron chi connectivity index (χ0n) is 14.4. The Morgan fingerprint density at radius 1 is 0.773 bits per heavy atom. The largest absolute Gasteiger partial charge is 0.179 e. The van der Waals surface area contributed by atoms with Gasteiger partial charge in [0.05, 0.1) is 4.58 Å². The first-order valence-corrected chi connectivity index (χ1v) is 12.2. The molecule has 0 unspecified atom stereocenters. The molecule has 0 nitrogen and oxygen atoms in total. The first kappa shape index (κ1) is 21.4. The van der Waals surface area contributed by atoms with Gasteiger partial charge in [-0.25, -0.2) is 0 Å². The summed E-state index contributed by atoms with van der Waals surface area (Å²) in [5.41, 5.74) is 0. The Balaban J connectivity index is 1.87. The molecule has 0 amide bonds. The standard InChI is InChI=1S/C18H36S4/c1-2-3-4-5-8-11-14-17-21-18(20,22-17)15-12-9-6-7-10-13-16-19/h17,19-20H,2-16H2,1H3. The fourth-order valence-electron chi connectivity index (χ4n) is 2.91. The molecule has 0 atom stereocenters. The van der Waals surface area contributed by atoms with Crippen LogP contribution in [0, 0.1) is 0 Å². The molecule has 0 aliphatic carbocycles. The highest BCUT2D eigenvalue weighted by Gasteiger charge is 2.41. The molecule has 1 fully saturated rings. The van der Waals surface area contributed by atoms with Crippen molar-refractivity contribution in [1.29, 1.82) is 0 Å². The number of hydrogen-bond donors (Lipinski definition) is 2. The van der Waals surface area contributed by atoms with Gasteiger partial charge in [0, 0.05) is 0 Å². The number of rotatable bonds is 15. The van der Waals surface area contributed by atoms with Gasteiger partial charge in [-0.3, -0.25) is 0 Å². The second-order valence-electron chi connectivity index (χ2n) is 6.53. The summed E-state index contributed by atoms with van der Waals surface area (Å²) in [7, 11) is 0. The molecular formula is C18H36S4. The third kappa shape index (κ3) is 10.3. The quantitative estimate of drug-likeness (QED) is 0.220. The summed E-state index contributed by atoms with van der Waals surface area (Å²) < 4.78 is 1.08. The molecule has 0 aromatic carbocycles. The van der Waals surface area contributed by atoms with Crippen LogP contribution < -0.4 is 0 Å². The van der Waals surface area contributed by atoms with Gasteiger partial charge in [0.1, 0.15) is 3.41 Å². The summed E-state index contributed by atoms with van der Waals surface area (Å²) in [5.74, 6) is 1.05. The van der Waals surface area contributed by atoms with E-state index in [0.29, 0.717) is 0 Å². The van der Waals surface area contributed by atoms with Gasteiger partial charge in [-0.2, -0.15) is 25.3 Å². The molecule has 1 rings (SSSR count). The topological polar surface area (TPSA) is 0 Å². The molecular weight excluding hydrogens is 344 g/mol. The van der Waals surface area contributed by atoms with Gasteiger partial charge in [0.2, 0.25) is 0 Å². The Hall–Kier alpha value is 1.40. The van der Waals surface area contributed by atoms with E-state index in [1.165, 1.54) is 89.9 Å². The van der Waals surface area contributed by atoms with Crippen LogP contribution in [-0.2, 0) is 0 Å². The number of thioether (sulfide) groups is 2. The van der Waals surface area contributed by atoms with Crippen molar-refractivity contribution in [3.8, 4) is 0 Å². The van der Waals surface area contributed by atoms with Crippen LogP contribution in [0.1, 0.15) is 96.8 Å². The third-order valence-electron chi connectivity index (χ3n) is 4.33. The van der Waals surface area contributed by atoms with Crippen molar-refractivity contribution < 1.29 is 0 Å². The molecule has 0 spiro atoms. The van der Waals surface area contributed by atoms with E-state index in [4.69, 9.17) is 12.6 Å². The van der Waals surface area contributed by atoms with Crippen LogP contribution in [-0.4, -0.2) is 13.7 Å². The lowest BCUT2D eigenvalue weighted by molar-refractivity contribution is 0.591. The van der Waals surface area contributed by atoms with Crippen LogP contribution >= 0.6 is 48.8 Å². The minimum absolute atomic E-state index is 0.248. The summed E-state index contributed by atoms with van der Waals surface area (Å²) in [6, 6.07) is 0. The third-order valence-corrected chi connectivity index (χ3v) is 8.79. The average Bonchev–Trinajstić information content (AvgIpc) is 2.48. The highest BCUT2D eigenvalue weighted by Crippen LogP contribution is 2.62. The fraction of sp³-hybridized carbons (Fsp3) is 1.00. The van der Waals surface area contributed by atoms with Crippen molar-refractivity contribution in [2.24, 2.45) is 0 Å². The monoisotopic (exact) mass is 380 g/mol. The van der Waals surface area contributed by atoms with E-state index in [0.717, 1.165) is 10.3 Å². The predicted molar refractivity (Wildman–Crippen MR) is 115 cm³/mol. The van der Waals surface area contributed by atoms with Gasteiger partial charge in [0.15, 0.2) is 0 Å². The molecule has 0 bridgehead atoms. The molecule has 0 saturated carbocycles. The van der Waals surface area contributed by atoms with Gasteiger partial charge in [-0.05, 0) is 25.0 Å². The zero-order valence-corrected chi connectivity index (χ0v) is 17.8. The van der Waals surface area contributed by atoms with Crippen molar-refractivity contribution in [2.45, 2.75) is 105 Å². The van der Waals surface area contributed by atoms with Crippen LogP contribution in [0.2, 0.25) is 0 Å². The molecule has 22 heavy (non-hydrogen) atoms. The van der Waals surface area contributed by atoms with Crippen LogP contribution in [0.5, 0.6) is 0 Å². The molecule has 0 aromatic heterocycles. The van der Waals surface area contributed by atoms with Gasteiger partial charge in [-0.15, -0.1) is 23.5 Å². The number of thiol groups is 2. The average molecular weight is 381 g/mol. The molecule has 132 valence electrons. The molecule has 1 aliphatic heterocycles. The number of unbranched alkanes of at least 4 members (excludes halogenated alkanes) is 10. The van der Waals surface area contributed by atoms with Gasteiger partial charge >= 0.3 is 0 Å². The smallest absolute Gasteiger partial charge is 0.106 e. The van der Waals surface area contributed by atoms with E-state index in [1.54, 1.807) is 0 Å². The first-order valence-electron chi connectivity index (χ1n) is 9.39. The first-order chi connectivity index (χ1) is 10.7. The van der Waals surface area contributed by atoms with Crippen LogP contribution in [0.4, 0.5) is 0 Å². The molecule has 1 aliphatic rings. The summed E-state index contributed by atoms with van der Waals surface area (Å²) in [6.45, 7) is 2.29. The molecule has 0 radical (unpaired) electrons. The Morgan fingerprint density at radius 3 is 1.95 bits per heavy atom. The maximum Gasteiger partial charge on any atom is 0.106 e. The lowest BCUT2D eigenvalue weighted by Gasteiger charge is -2.43. The van der Waals surface area contributed by atoms with Crippen LogP contribution in [0.15, 0.2) is 0 Å². The molecule has 4 heteroatoms. The fourth-order valence-corrected chi connectivity index (χ4v) is 7.81. The van der Waals surface area contributed by atoms with E-state index in [9.17, 15) is 0 Å². The molecule has 1 saturated heterocycles. The van der Waals surface area contributed by atoms with E-state index in [-0.39, 0.29) is 3.41 Å². The second kappa shape index (κ2) is 13.7. The predicted octanol–water partition coefficient (Wildman–Crippen LogP) is 7.79. The van der Waals surface area contributed by atoms with Gasteiger partial charge < -0.3 is 0 Å². The summed E-state index contributed by atoms with van der Waals surface area (Å²) in [4.78, 5) is 0. The van der Waals surface area contributed by atoms with Gasteiger partial charge in [-0.1, -0.05) is 77.6 Å². The van der Waals surface area contributed by atoms with E-state index >= 15 is 0 Å². The maximum atomic E-state index is 4.90.